The van der Waals surface area contributed by atoms with Gasteiger partial charge in [-0.3, -0.25) is 4.79 Å². The Kier molecular flexibility index (Phi) is 4.54. The average Bonchev–Trinajstić information content (AvgIpc) is 2.24. The van der Waals surface area contributed by atoms with Gasteiger partial charge in [0, 0.05) is 23.3 Å². The van der Waals surface area contributed by atoms with Crippen LogP contribution in [0.1, 0.15) is 24.2 Å². The zero-order valence-electron chi connectivity index (χ0n) is 11.2. The first-order valence-electron chi connectivity index (χ1n) is 5.72. The molecule has 4 N–H and O–H groups in total. The topological polar surface area (TPSA) is 101 Å². The fourth-order valence-electron chi connectivity index (χ4n) is 1.58. The van der Waals surface area contributed by atoms with Gasteiger partial charge in [0.1, 0.15) is 0 Å². The predicted octanol–water partition coefficient (Wildman–Crippen LogP) is 0.326. The number of nitrogens with two attached hydrogens (primary N) is 1. The first-order valence-corrected chi connectivity index (χ1v) is 7.61. The molecule has 0 atom stereocenters. The molecule has 0 radical (unpaired) electrons. The zero-order valence-corrected chi connectivity index (χ0v) is 12.0. The number of sulfonamides is 1. The van der Waals surface area contributed by atoms with Gasteiger partial charge in [-0.2, -0.15) is 0 Å². The van der Waals surface area contributed by atoms with Crippen molar-refractivity contribution in [2.45, 2.75) is 19.4 Å². The molecule has 0 unspecified atom stereocenters. The second kappa shape index (κ2) is 5.58. The molecule has 0 aliphatic rings. The van der Waals surface area contributed by atoms with Crippen LogP contribution in [0.15, 0.2) is 24.3 Å². The van der Waals surface area contributed by atoms with Gasteiger partial charge in [0.25, 0.3) is 5.91 Å². The number of benzene rings is 1. The normalized spacial score (nSPS) is 12.2. The average molecular weight is 285 g/mol. The van der Waals surface area contributed by atoms with E-state index in [2.05, 4.69) is 10.0 Å². The Morgan fingerprint density at radius 2 is 1.79 bits per heavy atom. The van der Waals surface area contributed by atoms with Gasteiger partial charge in [0.05, 0.1) is 6.26 Å². The summed E-state index contributed by atoms with van der Waals surface area (Å²) in [6, 6.07) is 6.49. The number of anilines is 1. The monoisotopic (exact) mass is 285 g/mol. The van der Waals surface area contributed by atoms with E-state index >= 15 is 0 Å². The molecule has 6 nitrogen and oxygen atoms in total. The number of nitrogen functional groups attached to an aromatic ring is 1. The molecule has 7 heteroatoms. The number of hydrogen-bond donors (Lipinski definition) is 3. The number of carbonyl (C=O) groups excluding carboxylic acids is 1. The molecule has 0 spiro atoms. The van der Waals surface area contributed by atoms with Gasteiger partial charge in [-0.1, -0.05) is 0 Å². The molecule has 0 aliphatic heterocycles. The Hall–Kier alpha value is -1.60. The van der Waals surface area contributed by atoms with Gasteiger partial charge in [0.2, 0.25) is 10.0 Å². The Morgan fingerprint density at radius 1 is 1.26 bits per heavy atom. The van der Waals surface area contributed by atoms with Gasteiger partial charge < -0.3 is 11.1 Å². The number of rotatable bonds is 5. The van der Waals surface area contributed by atoms with Crippen LogP contribution in [0.4, 0.5) is 5.69 Å². The van der Waals surface area contributed by atoms with Crippen LogP contribution in [-0.4, -0.2) is 32.7 Å². The van der Waals surface area contributed by atoms with Crippen LogP contribution in [0, 0.1) is 0 Å². The minimum absolute atomic E-state index is 0.184. The largest absolute Gasteiger partial charge is 0.399 e. The molecular weight excluding hydrogens is 266 g/mol. The number of nitrogens with one attached hydrogen (secondary N) is 2. The lowest BCUT2D eigenvalue weighted by atomic mass is 10.1. The van der Waals surface area contributed by atoms with Crippen LogP contribution in [0.5, 0.6) is 0 Å². The van der Waals surface area contributed by atoms with E-state index in [0.717, 1.165) is 6.26 Å². The summed E-state index contributed by atoms with van der Waals surface area (Å²) >= 11 is 0. The smallest absolute Gasteiger partial charge is 0.251 e. The van der Waals surface area contributed by atoms with Crippen molar-refractivity contribution >= 4 is 21.6 Å². The van der Waals surface area contributed by atoms with Crippen molar-refractivity contribution < 1.29 is 13.2 Å². The maximum absolute atomic E-state index is 11.8. The van der Waals surface area contributed by atoms with E-state index in [1.807, 2.05) is 0 Å². The van der Waals surface area contributed by atoms with Crippen molar-refractivity contribution in [2.75, 3.05) is 18.5 Å². The van der Waals surface area contributed by atoms with Crippen molar-refractivity contribution in [3.63, 3.8) is 0 Å². The third-order valence-corrected chi connectivity index (χ3v) is 3.25. The quantitative estimate of drug-likeness (QED) is 0.678. The van der Waals surface area contributed by atoms with Crippen LogP contribution < -0.4 is 15.8 Å². The fraction of sp³-hybridized carbons (Fsp3) is 0.417. The Labute approximate surface area is 113 Å². The molecule has 19 heavy (non-hydrogen) atoms. The van der Waals surface area contributed by atoms with Crippen molar-refractivity contribution in [1.29, 1.82) is 0 Å². The third kappa shape index (κ3) is 5.71. The highest BCUT2D eigenvalue weighted by molar-refractivity contribution is 7.88. The molecule has 1 aromatic rings. The van der Waals surface area contributed by atoms with Crippen molar-refractivity contribution in [3.05, 3.63) is 29.8 Å². The summed E-state index contributed by atoms with van der Waals surface area (Å²) in [6.45, 7) is 3.57. The highest BCUT2D eigenvalue weighted by Crippen LogP contribution is 2.06. The minimum Gasteiger partial charge on any atom is -0.399 e. The molecular formula is C12H19N3O3S. The lowest BCUT2D eigenvalue weighted by Gasteiger charge is -2.25. The van der Waals surface area contributed by atoms with Gasteiger partial charge in [-0.15, -0.1) is 0 Å². The summed E-state index contributed by atoms with van der Waals surface area (Å²) in [5, 5.41) is 2.67. The van der Waals surface area contributed by atoms with Crippen LogP contribution in [0.25, 0.3) is 0 Å². The fourth-order valence-corrected chi connectivity index (χ4v) is 2.65. The first kappa shape index (κ1) is 15.5. The predicted molar refractivity (Wildman–Crippen MR) is 75.2 cm³/mol. The summed E-state index contributed by atoms with van der Waals surface area (Å²) in [5.41, 5.74) is 5.83. The second-order valence-electron chi connectivity index (χ2n) is 5.06. The summed E-state index contributed by atoms with van der Waals surface area (Å²) in [6.07, 6.45) is 1.08. The van der Waals surface area contributed by atoms with Crippen LogP contribution in [-0.2, 0) is 10.0 Å². The standard InChI is InChI=1S/C12H19N3O3S/c1-12(2,15-19(3,17)18)8-14-11(16)9-4-6-10(13)7-5-9/h4-7,15H,8,13H2,1-3H3,(H,14,16). The molecule has 0 aliphatic carbocycles. The maximum atomic E-state index is 11.8. The van der Waals surface area contributed by atoms with Crippen LogP contribution >= 0.6 is 0 Å². The number of carbonyl (C=O) groups is 1. The molecule has 1 rings (SSSR count). The van der Waals surface area contributed by atoms with Crippen molar-refractivity contribution in [2.24, 2.45) is 0 Å². The summed E-state index contributed by atoms with van der Waals surface area (Å²) < 4.78 is 24.8. The molecule has 0 saturated heterocycles. The van der Waals surface area contributed by atoms with E-state index < -0.39 is 15.6 Å². The van der Waals surface area contributed by atoms with Gasteiger partial charge in [-0.25, -0.2) is 13.1 Å². The van der Waals surface area contributed by atoms with Gasteiger partial charge >= 0.3 is 0 Å². The SMILES string of the molecule is CC(C)(CNC(=O)c1ccc(N)cc1)NS(C)(=O)=O. The lowest BCUT2D eigenvalue weighted by Crippen LogP contribution is -2.51. The summed E-state index contributed by atoms with van der Waals surface area (Å²) in [5.74, 6) is -0.275. The number of hydrogen-bond acceptors (Lipinski definition) is 4. The van der Waals surface area contributed by atoms with Gasteiger partial charge in [-0.05, 0) is 38.1 Å². The summed E-state index contributed by atoms with van der Waals surface area (Å²) in [7, 11) is -3.32. The summed E-state index contributed by atoms with van der Waals surface area (Å²) in [4.78, 5) is 11.8. The maximum Gasteiger partial charge on any atom is 0.251 e. The van der Waals surface area contributed by atoms with E-state index in [1.165, 1.54) is 0 Å². The van der Waals surface area contributed by atoms with Crippen LogP contribution in [0.3, 0.4) is 0 Å². The lowest BCUT2D eigenvalue weighted by molar-refractivity contribution is 0.0944. The third-order valence-electron chi connectivity index (χ3n) is 2.33. The highest BCUT2D eigenvalue weighted by atomic mass is 32.2. The minimum atomic E-state index is -3.32. The van der Waals surface area contributed by atoms with Crippen molar-refractivity contribution in [3.8, 4) is 0 Å². The van der Waals surface area contributed by atoms with E-state index in [-0.39, 0.29) is 12.5 Å². The van der Waals surface area contributed by atoms with Gasteiger partial charge in [0.15, 0.2) is 0 Å². The first-order chi connectivity index (χ1) is 8.59. The van der Waals surface area contributed by atoms with E-state index in [9.17, 15) is 13.2 Å². The molecule has 0 aromatic heterocycles. The number of amides is 1. The van der Waals surface area contributed by atoms with E-state index in [0.29, 0.717) is 11.3 Å². The van der Waals surface area contributed by atoms with Crippen molar-refractivity contribution in [1.82, 2.24) is 10.0 Å². The van der Waals surface area contributed by atoms with E-state index in [1.54, 1.807) is 38.1 Å². The molecule has 1 amide bonds. The molecule has 106 valence electrons. The Balaban J connectivity index is 2.61. The Bertz CT molecular complexity index is 550. The zero-order chi connectivity index (χ0) is 14.7. The Morgan fingerprint density at radius 3 is 2.26 bits per heavy atom. The van der Waals surface area contributed by atoms with Crippen LogP contribution in [0.2, 0.25) is 0 Å². The molecule has 0 saturated carbocycles. The molecule has 0 fully saturated rings. The van der Waals surface area contributed by atoms with E-state index in [4.69, 9.17) is 5.73 Å². The second-order valence-corrected chi connectivity index (χ2v) is 6.81. The molecule has 1 aromatic carbocycles. The molecule has 0 heterocycles. The molecule has 0 bridgehead atoms. The highest BCUT2D eigenvalue weighted by Gasteiger charge is 2.22.